The predicted octanol–water partition coefficient (Wildman–Crippen LogP) is 3.20. The zero-order valence-electron chi connectivity index (χ0n) is 14.3. The second kappa shape index (κ2) is 8.06. The van der Waals surface area contributed by atoms with E-state index in [2.05, 4.69) is 15.6 Å². The molecule has 0 spiro atoms. The molecular weight excluding hydrogens is 345 g/mol. The van der Waals surface area contributed by atoms with Gasteiger partial charge in [-0.15, -0.1) is 11.3 Å². The number of carbonyl (C=O) groups is 2. The van der Waals surface area contributed by atoms with Gasteiger partial charge < -0.3 is 15.4 Å². The van der Waals surface area contributed by atoms with E-state index >= 15 is 0 Å². The summed E-state index contributed by atoms with van der Waals surface area (Å²) in [7, 11) is 0. The molecule has 25 heavy (non-hydrogen) atoms. The lowest BCUT2D eigenvalue weighted by Gasteiger charge is -2.19. The fourth-order valence-electron chi connectivity index (χ4n) is 1.98. The van der Waals surface area contributed by atoms with E-state index in [0.29, 0.717) is 10.4 Å². The van der Waals surface area contributed by atoms with Gasteiger partial charge in [0, 0.05) is 18.7 Å². The van der Waals surface area contributed by atoms with Crippen molar-refractivity contribution in [2.24, 2.45) is 0 Å². The summed E-state index contributed by atoms with van der Waals surface area (Å²) in [4.78, 5) is 28.3. The highest BCUT2D eigenvalue weighted by Gasteiger charge is 2.19. The summed E-state index contributed by atoms with van der Waals surface area (Å²) in [6, 6.07) is 6.22. The van der Waals surface area contributed by atoms with Crippen molar-refractivity contribution in [3.05, 3.63) is 41.3 Å². The number of rotatable bonds is 5. The number of alkyl carbamates (subject to hydrolysis) is 1. The van der Waals surface area contributed by atoms with Crippen LogP contribution in [0.3, 0.4) is 0 Å². The summed E-state index contributed by atoms with van der Waals surface area (Å²) in [5.74, 6) is -0.835. The number of aromatic nitrogens is 1. The van der Waals surface area contributed by atoms with Crippen molar-refractivity contribution in [1.82, 2.24) is 15.6 Å². The van der Waals surface area contributed by atoms with Gasteiger partial charge in [-0.1, -0.05) is 18.2 Å². The standard InChI is InChI=1S/C17H20FN3O3S/c1-17(2,3)24-16(23)20-9-8-19-15(22)13-14(25-10-21-13)11-6-4-5-7-12(11)18/h4-7,10H,8-9H2,1-3H3,(H,19,22)(H,20,23). The van der Waals surface area contributed by atoms with E-state index in [4.69, 9.17) is 4.74 Å². The average molecular weight is 365 g/mol. The number of ether oxygens (including phenoxy) is 1. The molecule has 0 bridgehead atoms. The van der Waals surface area contributed by atoms with Crippen molar-refractivity contribution in [2.75, 3.05) is 13.1 Å². The molecule has 0 atom stereocenters. The first-order chi connectivity index (χ1) is 11.8. The summed E-state index contributed by atoms with van der Waals surface area (Å²) >= 11 is 1.19. The van der Waals surface area contributed by atoms with Gasteiger partial charge >= 0.3 is 6.09 Å². The second-order valence-electron chi connectivity index (χ2n) is 6.19. The van der Waals surface area contributed by atoms with Gasteiger partial charge in [-0.2, -0.15) is 0 Å². The molecule has 2 amide bonds. The first-order valence-electron chi connectivity index (χ1n) is 7.71. The number of nitrogens with one attached hydrogen (secondary N) is 2. The third-order valence-electron chi connectivity index (χ3n) is 2.98. The van der Waals surface area contributed by atoms with E-state index in [1.54, 1.807) is 39.0 Å². The number of halogens is 1. The molecule has 0 aliphatic rings. The fraction of sp³-hybridized carbons (Fsp3) is 0.353. The van der Waals surface area contributed by atoms with E-state index < -0.39 is 23.4 Å². The Morgan fingerprint density at radius 1 is 1.20 bits per heavy atom. The highest BCUT2D eigenvalue weighted by Crippen LogP contribution is 2.29. The third-order valence-corrected chi connectivity index (χ3v) is 3.84. The minimum absolute atomic E-state index is 0.160. The Morgan fingerprint density at radius 3 is 2.56 bits per heavy atom. The second-order valence-corrected chi connectivity index (χ2v) is 7.05. The van der Waals surface area contributed by atoms with Gasteiger partial charge in [0.15, 0.2) is 0 Å². The quantitative estimate of drug-likeness (QED) is 0.798. The molecule has 0 saturated heterocycles. The van der Waals surface area contributed by atoms with Crippen LogP contribution < -0.4 is 10.6 Å². The van der Waals surface area contributed by atoms with E-state index in [9.17, 15) is 14.0 Å². The van der Waals surface area contributed by atoms with Gasteiger partial charge in [-0.25, -0.2) is 14.2 Å². The van der Waals surface area contributed by atoms with Crippen molar-refractivity contribution in [1.29, 1.82) is 0 Å². The number of hydrogen-bond acceptors (Lipinski definition) is 5. The van der Waals surface area contributed by atoms with Gasteiger partial charge in [0.1, 0.15) is 17.1 Å². The van der Waals surface area contributed by atoms with Crippen LogP contribution in [0.25, 0.3) is 10.4 Å². The Bertz CT molecular complexity index is 756. The number of nitrogens with zero attached hydrogens (tertiary/aromatic N) is 1. The van der Waals surface area contributed by atoms with E-state index in [0.717, 1.165) is 0 Å². The topological polar surface area (TPSA) is 80.3 Å². The SMILES string of the molecule is CC(C)(C)OC(=O)NCCNC(=O)c1ncsc1-c1ccccc1F. The van der Waals surface area contributed by atoms with E-state index in [1.807, 2.05) is 0 Å². The molecule has 0 aliphatic heterocycles. The summed E-state index contributed by atoms with van der Waals surface area (Å²) in [6.45, 7) is 5.70. The first-order valence-corrected chi connectivity index (χ1v) is 8.59. The Morgan fingerprint density at radius 2 is 1.88 bits per heavy atom. The average Bonchev–Trinajstić information content (AvgIpc) is 2.99. The van der Waals surface area contributed by atoms with Crippen molar-refractivity contribution in [2.45, 2.75) is 26.4 Å². The molecule has 2 N–H and O–H groups in total. The monoisotopic (exact) mass is 365 g/mol. The maximum atomic E-state index is 13.9. The van der Waals surface area contributed by atoms with Gasteiger partial charge in [0.25, 0.3) is 5.91 Å². The highest BCUT2D eigenvalue weighted by atomic mass is 32.1. The van der Waals surface area contributed by atoms with Crippen LogP contribution >= 0.6 is 11.3 Å². The molecule has 0 fully saturated rings. The smallest absolute Gasteiger partial charge is 0.407 e. The zero-order valence-corrected chi connectivity index (χ0v) is 15.1. The van der Waals surface area contributed by atoms with Crippen LogP contribution in [0.5, 0.6) is 0 Å². The van der Waals surface area contributed by atoms with Crippen molar-refractivity contribution >= 4 is 23.3 Å². The molecule has 2 rings (SSSR count). The number of amides is 2. The molecule has 8 heteroatoms. The Kier molecular flexibility index (Phi) is 6.08. The van der Waals surface area contributed by atoms with Crippen LogP contribution in [0.15, 0.2) is 29.8 Å². The number of hydrogen-bond donors (Lipinski definition) is 2. The van der Waals surface area contributed by atoms with Crippen molar-refractivity contribution < 1.29 is 18.7 Å². The summed E-state index contributed by atoms with van der Waals surface area (Å²) in [6.07, 6.45) is -0.553. The van der Waals surface area contributed by atoms with Crippen LogP contribution in [0.2, 0.25) is 0 Å². The Balaban J connectivity index is 1.90. The highest BCUT2D eigenvalue weighted by molar-refractivity contribution is 7.13. The minimum atomic E-state index is -0.581. The summed E-state index contributed by atoms with van der Waals surface area (Å²) < 4.78 is 19.0. The van der Waals surface area contributed by atoms with Gasteiger partial charge in [-0.3, -0.25) is 4.79 Å². The third kappa shape index (κ3) is 5.53. The normalized spacial score (nSPS) is 11.0. The maximum absolute atomic E-state index is 13.9. The molecule has 0 aliphatic carbocycles. The molecule has 6 nitrogen and oxygen atoms in total. The maximum Gasteiger partial charge on any atom is 0.407 e. The number of benzene rings is 1. The molecule has 0 radical (unpaired) electrons. The fourth-order valence-corrected chi connectivity index (χ4v) is 2.80. The van der Waals surface area contributed by atoms with E-state index in [-0.39, 0.29) is 18.8 Å². The lowest BCUT2D eigenvalue weighted by molar-refractivity contribution is 0.0526. The van der Waals surface area contributed by atoms with Crippen LogP contribution in [0.4, 0.5) is 9.18 Å². The van der Waals surface area contributed by atoms with Crippen molar-refractivity contribution in [3.63, 3.8) is 0 Å². The molecule has 1 heterocycles. The molecule has 0 unspecified atom stereocenters. The first kappa shape index (κ1) is 18.9. The van der Waals surface area contributed by atoms with Crippen LogP contribution in [-0.4, -0.2) is 35.7 Å². The predicted molar refractivity (Wildman–Crippen MR) is 94.1 cm³/mol. The van der Waals surface area contributed by atoms with Gasteiger partial charge in [0.2, 0.25) is 0 Å². The largest absolute Gasteiger partial charge is 0.444 e. The van der Waals surface area contributed by atoms with Crippen molar-refractivity contribution in [3.8, 4) is 10.4 Å². The Labute approximate surface area is 149 Å². The zero-order chi connectivity index (χ0) is 18.4. The molecule has 1 aromatic heterocycles. The minimum Gasteiger partial charge on any atom is -0.444 e. The summed E-state index contributed by atoms with van der Waals surface area (Å²) in [5, 5.41) is 5.19. The molecule has 134 valence electrons. The number of thiazole rings is 1. The van der Waals surface area contributed by atoms with Gasteiger partial charge in [-0.05, 0) is 26.8 Å². The lowest BCUT2D eigenvalue weighted by atomic mass is 10.1. The van der Waals surface area contributed by atoms with Crippen LogP contribution in [-0.2, 0) is 4.74 Å². The molecular formula is C17H20FN3O3S. The molecule has 2 aromatic rings. The summed E-state index contributed by atoms with van der Waals surface area (Å²) in [5.41, 5.74) is 1.41. The van der Waals surface area contributed by atoms with Crippen LogP contribution in [0.1, 0.15) is 31.3 Å². The molecule has 0 saturated carbocycles. The Hall–Kier alpha value is -2.48. The van der Waals surface area contributed by atoms with E-state index in [1.165, 1.54) is 22.9 Å². The van der Waals surface area contributed by atoms with Crippen LogP contribution in [0, 0.1) is 5.82 Å². The lowest BCUT2D eigenvalue weighted by Crippen LogP contribution is -2.38. The number of carbonyl (C=O) groups excluding carboxylic acids is 2. The van der Waals surface area contributed by atoms with Gasteiger partial charge in [0.05, 0.1) is 10.4 Å². The molecule has 1 aromatic carbocycles.